The average Bonchev–Trinajstić information content (AvgIpc) is 2.91. The molecule has 4 nitrogen and oxygen atoms in total. The quantitative estimate of drug-likeness (QED) is 0.330. The minimum Gasteiger partial charge on any atom is -0.458 e. The first-order chi connectivity index (χ1) is 17.3. The van der Waals surface area contributed by atoms with E-state index >= 15 is 0 Å². The maximum Gasteiger partial charge on any atom is 0.260 e. The van der Waals surface area contributed by atoms with Gasteiger partial charge >= 0.3 is 0 Å². The second-order valence-electron chi connectivity index (χ2n) is 8.63. The third kappa shape index (κ3) is 2.82. The van der Waals surface area contributed by atoms with Crippen LogP contribution in [0.1, 0.15) is 0 Å². The van der Waals surface area contributed by atoms with Crippen LogP contribution in [-0.2, 0) is 0 Å². The summed E-state index contributed by atoms with van der Waals surface area (Å²) in [5.74, 6) is 4.67. The first-order valence-electron chi connectivity index (χ1n) is 11.5. The molecule has 3 heterocycles. The Kier molecular flexibility index (Phi) is 4.21. The number of nitrogens with zero attached hydrogens (tertiary/aromatic N) is 1. The zero-order valence-electron chi connectivity index (χ0n) is 18.9. The molecule has 0 fully saturated rings. The Morgan fingerprint density at radius 3 is 1.80 bits per heavy atom. The predicted molar refractivity (Wildman–Crippen MR) is 141 cm³/mol. The Bertz CT molecular complexity index is 1520. The van der Waals surface area contributed by atoms with Crippen molar-refractivity contribution in [3.63, 3.8) is 0 Å². The van der Waals surface area contributed by atoms with Crippen LogP contribution in [0, 0.1) is 0 Å². The Morgan fingerprint density at radius 1 is 0.629 bits per heavy atom. The lowest BCUT2D eigenvalue weighted by Crippen LogP contribution is -2.57. The molecule has 0 radical (unpaired) electrons. The zero-order valence-corrected chi connectivity index (χ0v) is 18.9. The van der Waals surface area contributed by atoms with Crippen molar-refractivity contribution in [2.75, 3.05) is 4.90 Å². The molecule has 3 aliphatic heterocycles. The first kappa shape index (κ1) is 19.8. The minimum atomic E-state index is 0.0408. The number of rotatable bonds is 3. The van der Waals surface area contributed by atoms with Gasteiger partial charge in [-0.3, -0.25) is 0 Å². The van der Waals surface area contributed by atoms with Crippen LogP contribution in [0.15, 0.2) is 122 Å². The van der Waals surface area contributed by atoms with Gasteiger partial charge in [-0.2, -0.15) is 0 Å². The molecule has 35 heavy (non-hydrogen) atoms. The van der Waals surface area contributed by atoms with Gasteiger partial charge in [-0.1, -0.05) is 61.7 Å². The maximum absolute atomic E-state index is 6.48. The number of benzene rings is 4. The summed E-state index contributed by atoms with van der Waals surface area (Å²) in [6.07, 6.45) is 3.49. The molecule has 0 spiro atoms. The van der Waals surface area contributed by atoms with Gasteiger partial charge in [-0.25, -0.2) is 0 Å². The van der Waals surface area contributed by atoms with Crippen LogP contribution in [0.4, 0.5) is 11.4 Å². The molecule has 0 N–H and O–H groups in total. The fourth-order valence-corrected chi connectivity index (χ4v) is 5.26. The predicted octanol–water partition coefficient (Wildman–Crippen LogP) is 5.53. The number of allylic oxidation sites excluding steroid dienone is 2. The summed E-state index contributed by atoms with van der Waals surface area (Å²) in [6, 6.07) is 28.5. The van der Waals surface area contributed by atoms with E-state index in [1.54, 1.807) is 12.2 Å². The lowest BCUT2D eigenvalue weighted by molar-refractivity contribution is 0.430. The van der Waals surface area contributed by atoms with Gasteiger partial charge in [0.15, 0.2) is 11.5 Å². The van der Waals surface area contributed by atoms with Crippen LogP contribution in [0.3, 0.4) is 0 Å². The molecule has 7 rings (SSSR count). The number of fused-ring (bicyclic) bond motifs is 5. The summed E-state index contributed by atoms with van der Waals surface area (Å²) in [6.45, 7) is 8.04. The largest absolute Gasteiger partial charge is 0.458 e. The van der Waals surface area contributed by atoms with Gasteiger partial charge in [0.05, 0.1) is 17.1 Å². The van der Waals surface area contributed by atoms with Gasteiger partial charge in [-0.05, 0) is 47.3 Å². The van der Waals surface area contributed by atoms with Crippen molar-refractivity contribution in [1.29, 1.82) is 0 Å². The Morgan fingerprint density at radius 2 is 1.20 bits per heavy atom. The smallest absolute Gasteiger partial charge is 0.260 e. The lowest BCUT2D eigenvalue weighted by Gasteiger charge is -2.36. The van der Waals surface area contributed by atoms with Crippen molar-refractivity contribution in [2.45, 2.75) is 0 Å². The van der Waals surface area contributed by atoms with E-state index in [1.807, 2.05) is 48.5 Å². The van der Waals surface area contributed by atoms with Crippen LogP contribution < -0.4 is 35.5 Å². The molecule has 0 saturated heterocycles. The fourth-order valence-electron chi connectivity index (χ4n) is 5.26. The van der Waals surface area contributed by atoms with E-state index in [2.05, 4.69) is 54.5 Å². The van der Waals surface area contributed by atoms with Crippen molar-refractivity contribution in [3.8, 4) is 28.7 Å². The summed E-state index contributed by atoms with van der Waals surface area (Å²) in [5.41, 5.74) is 5.92. The molecule has 0 bridgehead atoms. The summed E-state index contributed by atoms with van der Waals surface area (Å²) in [4.78, 5) is 2.11. The van der Waals surface area contributed by atoms with Crippen molar-refractivity contribution in [1.82, 2.24) is 0 Å². The van der Waals surface area contributed by atoms with E-state index in [9.17, 15) is 0 Å². The second kappa shape index (κ2) is 7.44. The molecule has 5 heteroatoms. The number of anilines is 2. The average molecular weight is 453 g/mol. The standard InChI is InChI=1S/C30H20BNO3/c1-3-22-24(4-2)33-27-16-10-7-13-23(27)32(22)19-17-28-30-29(18-19)35-26-15-9-6-12-21(26)31(30)20-11-5-8-14-25(20)34-28/h3-18H,1-2H2. The van der Waals surface area contributed by atoms with Crippen LogP contribution >= 0.6 is 0 Å². The number of ether oxygens (including phenoxy) is 3. The number of hydrogen-bond acceptors (Lipinski definition) is 4. The third-order valence-electron chi connectivity index (χ3n) is 6.73. The lowest BCUT2D eigenvalue weighted by atomic mass is 9.35. The molecular weight excluding hydrogens is 433 g/mol. The van der Waals surface area contributed by atoms with E-state index in [-0.39, 0.29) is 6.71 Å². The number of hydrogen-bond donors (Lipinski definition) is 0. The number of para-hydroxylation sites is 4. The third-order valence-corrected chi connectivity index (χ3v) is 6.73. The molecule has 0 saturated carbocycles. The van der Waals surface area contributed by atoms with E-state index in [4.69, 9.17) is 14.2 Å². The van der Waals surface area contributed by atoms with Crippen LogP contribution in [-0.4, -0.2) is 6.71 Å². The normalized spacial score (nSPS) is 14.4. The van der Waals surface area contributed by atoms with Crippen molar-refractivity contribution < 1.29 is 14.2 Å². The first-order valence-corrected chi connectivity index (χ1v) is 11.5. The van der Waals surface area contributed by atoms with Crippen LogP contribution in [0.2, 0.25) is 0 Å². The van der Waals surface area contributed by atoms with Gasteiger partial charge in [0.2, 0.25) is 0 Å². The SMILES string of the molecule is C=CC1=C(C=C)N(c2cc3c4c(c2)Oc2ccccc2B4c2ccccc2O3)c2ccccc2O1. The summed E-state index contributed by atoms with van der Waals surface area (Å²) < 4.78 is 19.1. The molecule has 0 unspecified atom stereocenters. The molecule has 4 aromatic carbocycles. The highest BCUT2D eigenvalue weighted by molar-refractivity contribution is 6.98. The maximum atomic E-state index is 6.48. The van der Waals surface area contributed by atoms with E-state index in [1.165, 1.54) is 0 Å². The molecule has 0 aliphatic carbocycles. The molecule has 0 amide bonds. The highest BCUT2D eigenvalue weighted by atomic mass is 16.5. The second-order valence-corrected chi connectivity index (χ2v) is 8.63. The highest BCUT2D eigenvalue weighted by Gasteiger charge is 2.40. The zero-order chi connectivity index (χ0) is 23.5. The Hall–Kier alpha value is -4.64. The minimum absolute atomic E-state index is 0.0408. The highest BCUT2D eigenvalue weighted by Crippen LogP contribution is 2.46. The van der Waals surface area contributed by atoms with Crippen LogP contribution in [0.5, 0.6) is 28.7 Å². The molecular formula is C30H20BNO3. The van der Waals surface area contributed by atoms with E-state index in [0.29, 0.717) is 5.76 Å². The molecule has 0 aromatic heterocycles. The summed E-state index contributed by atoms with van der Waals surface area (Å²) in [5, 5.41) is 0. The van der Waals surface area contributed by atoms with Crippen LogP contribution in [0.25, 0.3) is 0 Å². The van der Waals surface area contributed by atoms with Crippen molar-refractivity contribution in [2.24, 2.45) is 0 Å². The van der Waals surface area contributed by atoms with Gasteiger partial charge in [0, 0.05) is 17.6 Å². The topological polar surface area (TPSA) is 30.9 Å². The van der Waals surface area contributed by atoms with E-state index in [0.717, 1.165) is 62.2 Å². The van der Waals surface area contributed by atoms with Gasteiger partial charge in [0.1, 0.15) is 23.0 Å². The summed E-state index contributed by atoms with van der Waals surface area (Å²) >= 11 is 0. The Labute approximate surface area is 204 Å². The Balaban J connectivity index is 1.49. The monoisotopic (exact) mass is 453 g/mol. The van der Waals surface area contributed by atoms with Gasteiger partial charge < -0.3 is 19.1 Å². The fraction of sp³-hybridized carbons (Fsp3) is 0. The van der Waals surface area contributed by atoms with E-state index < -0.39 is 0 Å². The molecule has 166 valence electrons. The van der Waals surface area contributed by atoms with Gasteiger partial charge in [0.25, 0.3) is 6.71 Å². The van der Waals surface area contributed by atoms with Gasteiger partial charge in [-0.15, -0.1) is 0 Å². The molecule has 0 atom stereocenters. The molecule has 4 aromatic rings. The molecule has 3 aliphatic rings. The van der Waals surface area contributed by atoms with Crippen molar-refractivity contribution in [3.05, 3.63) is 122 Å². The van der Waals surface area contributed by atoms with Crippen molar-refractivity contribution >= 4 is 34.5 Å². The summed E-state index contributed by atoms with van der Waals surface area (Å²) in [7, 11) is 0.